The highest BCUT2D eigenvalue weighted by Crippen LogP contribution is 2.37. The first-order valence-corrected chi connectivity index (χ1v) is 7.21. The van der Waals surface area contributed by atoms with E-state index in [2.05, 4.69) is 6.92 Å². The molecule has 1 aliphatic heterocycles. The molecule has 3 nitrogen and oxygen atoms in total. The minimum absolute atomic E-state index is 0.0739. The maximum absolute atomic E-state index is 14.7. The van der Waals surface area contributed by atoms with Crippen molar-refractivity contribution in [2.45, 2.75) is 46.6 Å². The number of carbonyl (C=O) groups is 1. The number of fused-ring (bicyclic) bond motifs is 1. The molecule has 114 valence electrons. The van der Waals surface area contributed by atoms with Crippen LogP contribution in [0.3, 0.4) is 0 Å². The highest BCUT2D eigenvalue weighted by molar-refractivity contribution is 5.95. The Hall–Kier alpha value is -1.84. The second-order valence-corrected chi connectivity index (χ2v) is 5.39. The number of halogens is 1. The molecule has 1 aromatic carbocycles. The molecule has 0 amide bonds. The van der Waals surface area contributed by atoms with Crippen LogP contribution in [0.4, 0.5) is 4.39 Å². The van der Waals surface area contributed by atoms with E-state index in [9.17, 15) is 9.18 Å². The Morgan fingerprint density at radius 2 is 2.19 bits per heavy atom. The van der Waals surface area contributed by atoms with Crippen molar-refractivity contribution in [3.05, 3.63) is 39.7 Å². The summed E-state index contributed by atoms with van der Waals surface area (Å²) in [5.74, 6) is -0.565. The maximum Gasteiger partial charge on any atom is 0.341 e. The number of esters is 1. The van der Waals surface area contributed by atoms with Gasteiger partial charge in [-0.1, -0.05) is 25.0 Å². The molecule has 0 unspecified atom stereocenters. The summed E-state index contributed by atoms with van der Waals surface area (Å²) >= 11 is 0. The predicted molar refractivity (Wildman–Crippen MR) is 79.2 cm³/mol. The Kier molecular flexibility index (Phi) is 4.66. The summed E-state index contributed by atoms with van der Waals surface area (Å²) < 4.78 is 25.0. The molecule has 21 heavy (non-hydrogen) atoms. The monoisotopic (exact) mass is 291 g/mol. The molecule has 0 spiro atoms. The van der Waals surface area contributed by atoms with E-state index in [1.165, 1.54) is 12.7 Å². The lowest BCUT2D eigenvalue weighted by atomic mass is 9.95. The van der Waals surface area contributed by atoms with Gasteiger partial charge in [-0.15, -0.1) is 0 Å². The van der Waals surface area contributed by atoms with Gasteiger partial charge >= 0.3 is 5.97 Å². The first-order valence-electron chi connectivity index (χ1n) is 7.21. The first-order chi connectivity index (χ1) is 10.0. The third kappa shape index (κ3) is 2.80. The number of benzene rings is 1. The van der Waals surface area contributed by atoms with Gasteiger partial charge in [-0.05, 0) is 32.3 Å². The van der Waals surface area contributed by atoms with E-state index in [0.717, 1.165) is 18.4 Å². The summed E-state index contributed by atoms with van der Waals surface area (Å²) in [7, 11) is 1.53. The average Bonchev–Trinajstić information content (AvgIpc) is 2.84. The summed E-state index contributed by atoms with van der Waals surface area (Å²) in [6.45, 7) is 6.10. The smallest absolute Gasteiger partial charge is 0.341 e. The van der Waals surface area contributed by atoms with E-state index in [0.29, 0.717) is 23.3 Å². The zero-order valence-electron chi connectivity index (χ0n) is 13.0. The van der Waals surface area contributed by atoms with Gasteiger partial charge < -0.3 is 9.47 Å². The van der Waals surface area contributed by atoms with Crippen LogP contribution in [0.5, 0.6) is 5.75 Å². The summed E-state index contributed by atoms with van der Waals surface area (Å²) in [4.78, 5) is 11.7. The van der Waals surface area contributed by atoms with Crippen LogP contribution in [0.2, 0.25) is 0 Å². The molecule has 0 saturated heterocycles. The topological polar surface area (TPSA) is 35.5 Å². The van der Waals surface area contributed by atoms with Crippen molar-refractivity contribution in [1.29, 1.82) is 0 Å². The molecular formula is C17H21FO3. The first kappa shape index (κ1) is 15.5. The summed E-state index contributed by atoms with van der Waals surface area (Å²) in [6.07, 6.45) is 4.45. The van der Waals surface area contributed by atoms with Crippen LogP contribution in [-0.2, 0) is 17.8 Å². The highest BCUT2D eigenvalue weighted by atomic mass is 18.2. The van der Waals surface area contributed by atoms with E-state index >= 15 is 0 Å². The second-order valence-electron chi connectivity index (χ2n) is 5.39. The second kappa shape index (κ2) is 6.29. The Morgan fingerprint density at radius 1 is 1.48 bits per heavy atom. The number of allylic oxidation sites excluding steroid dienone is 2. The van der Waals surface area contributed by atoms with Crippen molar-refractivity contribution in [1.82, 2.24) is 0 Å². The lowest BCUT2D eigenvalue weighted by Gasteiger charge is -2.15. The molecule has 0 saturated carbocycles. The van der Waals surface area contributed by atoms with Gasteiger partial charge in [0.1, 0.15) is 23.7 Å². The minimum atomic E-state index is -0.580. The third-order valence-corrected chi connectivity index (χ3v) is 3.91. The van der Waals surface area contributed by atoms with Gasteiger partial charge in [-0.25, -0.2) is 9.18 Å². The van der Waals surface area contributed by atoms with Gasteiger partial charge in [-0.3, -0.25) is 0 Å². The number of cyclic esters (lactones) is 1. The molecule has 4 heteroatoms. The minimum Gasteiger partial charge on any atom is -0.496 e. The van der Waals surface area contributed by atoms with Gasteiger partial charge in [0.2, 0.25) is 0 Å². The molecule has 1 aliphatic rings. The predicted octanol–water partition coefficient (Wildman–Crippen LogP) is 4.10. The Balaban J connectivity index is 2.50. The SMILES string of the molecule is CCC/C(C)=C/Cc1c([18F])c2c(c(C)c1OC)COC2=O. The molecule has 2 rings (SSSR count). The Morgan fingerprint density at radius 3 is 2.81 bits per heavy atom. The van der Waals surface area contributed by atoms with Crippen molar-refractivity contribution in [2.24, 2.45) is 0 Å². The van der Waals surface area contributed by atoms with Crippen molar-refractivity contribution in [2.75, 3.05) is 7.11 Å². The van der Waals surface area contributed by atoms with E-state index < -0.39 is 11.8 Å². The number of methoxy groups -OCH3 is 1. The fourth-order valence-corrected chi connectivity index (χ4v) is 2.77. The van der Waals surface area contributed by atoms with E-state index in [-0.39, 0.29) is 12.2 Å². The average molecular weight is 291 g/mol. The maximum atomic E-state index is 14.7. The van der Waals surface area contributed by atoms with Gasteiger partial charge in [-0.2, -0.15) is 0 Å². The van der Waals surface area contributed by atoms with Crippen molar-refractivity contribution in [3.8, 4) is 5.75 Å². The highest BCUT2D eigenvalue weighted by Gasteiger charge is 2.32. The molecule has 0 atom stereocenters. The molecule has 1 aromatic rings. The number of carbonyl (C=O) groups excluding carboxylic acids is 1. The lowest BCUT2D eigenvalue weighted by molar-refractivity contribution is 0.0531. The van der Waals surface area contributed by atoms with Crippen LogP contribution in [0.15, 0.2) is 11.6 Å². The van der Waals surface area contributed by atoms with Crippen molar-refractivity contribution >= 4 is 5.97 Å². The lowest BCUT2D eigenvalue weighted by Crippen LogP contribution is -2.07. The fraction of sp³-hybridized carbons (Fsp3) is 0.471. The number of hydrogen-bond donors (Lipinski definition) is 0. The van der Waals surface area contributed by atoms with Crippen LogP contribution in [0, 0.1) is 12.7 Å². The van der Waals surface area contributed by atoms with Crippen LogP contribution >= 0.6 is 0 Å². The zero-order valence-corrected chi connectivity index (χ0v) is 13.0. The Labute approximate surface area is 124 Å². The quantitative estimate of drug-likeness (QED) is 0.605. The van der Waals surface area contributed by atoms with E-state index in [1.54, 1.807) is 0 Å². The van der Waals surface area contributed by atoms with Crippen LogP contribution in [0.1, 0.15) is 53.7 Å². The zero-order chi connectivity index (χ0) is 15.6. The molecule has 0 aromatic heterocycles. The number of ether oxygens (including phenoxy) is 2. The summed E-state index contributed by atoms with van der Waals surface area (Å²) in [5.41, 5.74) is 3.11. The van der Waals surface area contributed by atoms with Crippen LogP contribution in [0.25, 0.3) is 0 Å². The molecule has 0 N–H and O–H groups in total. The largest absolute Gasteiger partial charge is 0.496 e. The van der Waals surface area contributed by atoms with Crippen LogP contribution < -0.4 is 4.74 Å². The standard InChI is InChI=1S/C17H21FO3/c1-5-6-10(2)7-8-12-15(18)14-13(9-21-17(14)19)11(3)16(12)20-4/h7H,5-6,8-9H2,1-4H3/b10-7+/i18-1. The van der Waals surface area contributed by atoms with Crippen molar-refractivity contribution < 1.29 is 18.7 Å². The third-order valence-electron chi connectivity index (χ3n) is 3.91. The van der Waals surface area contributed by atoms with Gasteiger partial charge in [0, 0.05) is 11.1 Å². The van der Waals surface area contributed by atoms with E-state index in [1.807, 2.05) is 19.9 Å². The van der Waals surface area contributed by atoms with Crippen molar-refractivity contribution in [3.63, 3.8) is 0 Å². The molecule has 0 aliphatic carbocycles. The summed E-state index contributed by atoms with van der Waals surface area (Å²) in [5, 5.41) is 0. The molecule has 1 heterocycles. The Bertz CT molecular complexity index is 603. The molecule has 0 radical (unpaired) electrons. The van der Waals surface area contributed by atoms with Gasteiger partial charge in [0.05, 0.1) is 7.11 Å². The van der Waals surface area contributed by atoms with E-state index in [4.69, 9.17) is 9.47 Å². The van der Waals surface area contributed by atoms with Crippen LogP contribution in [-0.4, -0.2) is 13.1 Å². The molecule has 0 fully saturated rings. The van der Waals surface area contributed by atoms with Gasteiger partial charge in [0.25, 0.3) is 0 Å². The fourth-order valence-electron chi connectivity index (χ4n) is 2.77. The van der Waals surface area contributed by atoms with Gasteiger partial charge in [0.15, 0.2) is 0 Å². The number of rotatable bonds is 5. The molecule has 0 bridgehead atoms. The number of hydrogen-bond acceptors (Lipinski definition) is 3. The normalized spacial score (nSPS) is 14.1. The summed E-state index contributed by atoms with van der Waals surface area (Å²) in [6, 6.07) is 0. The molecular weight excluding hydrogens is 270 g/mol.